The number of nitrogens with one attached hydrogen (secondary N) is 2. The number of hydrogen-bond donors (Lipinski definition) is 3. The summed E-state index contributed by atoms with van der Waals surface area (Å²) in [7, 11) is 0. The van der Waals surface area contributed by atoms with E-state index in [1.807, 2.05) is 37.3 Å². The maximum Gasteiger partial charge on any atom is 0.274 e. The van der Waals surface area contributed by atoms with E-state index in [4.69, 9.17) is 9.63 Å². The smallest absolute Gasteiger partial charge is 0.274 e. The molecule has 164 valence electrons. The van der Waals surface area contributed by atoms with Gasteiger partial charge in [0.05, 0.1) is 12.7 Å². The Bertz CT molecular complexity index is 1260. The average Bonchev–Trinajstić information content (AvgIpc) is 3.45. The van der Waals surface area contributed by atoms with Crippen LogP contribution in [0.5, 0.6) is 0 Å². The number of aromatic nitrogens is 4. The molecule has 3 aromatic heterocycles. The summed E-state index contributed by atoms with van der Waals surface area (Å²) in [5.74, 6) is 0.110. The lowest BCUT2D eigenvalue weighted by molar-refractivity contribution is -0.121. The van der Waals surface area contributed by atoms with Crippen LogP contribution in [-0.2, 0) is 11.3 Å². The van der Waals surface area contributed by atoms with Gasteiger partial charge in [0.15, 0.2) is 0 Å². The first-order chi connectivity index (χ1) is 15.5. The molecule has 2 amide bonds. The molecule has 0 radical (unpaired) electrons. The van der Waals surface area contributed by atoms with E-state index in [2.05, 4.69) is 25.8 Å². The summed E-state index contributed by atoms with van der Waals surface area (Å²) in [5, 5.41) is 18.3. The highest BCUT2D eigenvalue weighted by Gasteiger charge is 2.15. The molecule has 0 aliphatic rings. The normalized spacial score (nSPS) is 10.9. The lowest BCUT2D eigenvalue weighted by atomic mass is 10.1. The Morgan fingerprint density at radius 3 is 2.94 bits per heavy atom. The third-order valence-electron chi connectivity index (χ3n) is 4.86. The minimum absolute atomic E-state index is 0.0400. The fourth-order valence-corrected chi connectivity index (χ4v) is 3.13. The van der Waals surface area contributed by atoms with Crippen LogP contribution in [0.2, 0.25) is 0 Å². The van der Waals surface area contributed by atoms with Crippen LogP contribution in [0.25, 0.3) is 17.0 Å². The van der Waals surface area contributed by atoms with Gasteiger partial charge in [0.1, 0.15) is 11.3 Å². The number of pyridine rings is 1. The lowest BCUT2D eigenvalue weighted by Crippen LogP contribution is -2.22. The van der Waals surface area contributed by atoms with Crippen LogP contribution in [0.3, 0.4) is 0 Å². The van der Waals surface area contributed by atoms with Crippen molar-refractivity contribution in [2.45, 2.75) is 26.3 Å². The third kappa shape index (κ3) is 4.65. The molecule has 0 spiro atoms. The Morgan fingerprint density at radius 2 is 2.09 bits per heavy atom. The highest BCUT2D eigenvalue weighted by atomic mass is 16.5. The SMILES string of the molecule is Cc1ccc(-c2noc(CNC(=O)CCCO)n2)cc1NC(=O)c1cnc2ccccn12. The second-order valence-corrected chi connectivity index (χ2v) is 7.17. The molecule has 0 atom stereocenters. The Morgan fingerprint density at radius 1 is 1.22 bits per heavy atom. The number of amides is 2. The van der Waals surface area contributed by atoms with Gasteiger partial charge in [-0.3, -0.25) is 14.0 Å². The number of fused-ring (bicyclic) bond motifs is 1. The van der Waals surface area contributed by atoms with Crippen LogP contribution >= 0.6 is 0 Å². The summed E-state index contributed by atoms with van der Waals surface area (Å²) in [6.07, 6.45) is 3.94. The highest BCUT2D eigenvalue weighted by molar-refractivity contribution is 6.04. The Balaban J connectivity index is 1.48. The van der Waals surface area contributed by atoms with Crippen molar-refractivity contribution >= 4 is 23.1 Å². The molecule has 0 bridgehead atoms. The number of hydrogen-bond acceptors (Lipinski definition) is 7. The number of aryl methyl sites for hydroxylation is 1. The lowest BCUT2D eigenvalue weighted by Gasteiger charge is -2.09. The monoisotopic (exact) mass is 434 g/mol. The molecule has 10 heteroatoms. The van der Waals surface area contributed by atoms with Crippen LogP contribution in [0.4, 0.5) is 5.69 Å². The van der Waals surface area contributed by atoms with Gasteiger partial charge >= 0.3 is 0 Å². The molecule has 3 heterocycles. The fraction of sp³-hybridized carbons (Fsp3) is 0.227. The highest BCUT2D eigenvalue weighted by Crippen LogP contribution is 2.24. The largest absolute Gasteiger partial charge is 0.396 e. The topological polar surface area (TPSA) is 135 Å². The zero-order valence-corrected chi connectivity index (χ0v) is 17.4. The van der Waals surface area contributed by atoms with Crippen molar-refractivity contribution in [3.8, 4) is 11.4 Å². The van der Waals surface area contributed by atoms with Crippen LogP contribution in [0, 0.1) is 6.92 Å². The first kappa shape index (κ1) is 21.2. The van der Waals surface area contributed by atoms with E-state index in [0.717, 1.165) is 5.56 Å². The van der Waals surface area contributed by atoms with Gasteiger partial charge in [0.25, 0.3) is 5.91 Å². The molecule has 32 heavy (non-hydrogen) atoms. The molecule has 0 unspecified atom stereocenters. The predicted molar refractivity (Wildman–Crippen MR) is 116 cm³/mol. The predicted octanol–water partition coefficient (Wildman–Crippen LogP) is 2.33. The van der Waals surface area contributed by atoms with Gasteiger partial charge in [-0.25, -0.2) is 4.98 Å². The first-order valence-electron chi connectivity index (χ1n) is 10.1. The van der Waals surface area contributed by atoms with Crippen molar-refractivity contribution in [2.75, 3.05) is 11.9 Å². The summed E-state index contributed by atoms with van der Waals surface area (Å²) < 4.78 is 6.93. The summed E-state index contributed by atoms with van der Waals surface area (Å²) in [6, 6.07) is 11.0. The standard InChI is InChI=1S/C22H22N6O4/c1-14-7-8-15(21-26-20(32-27-21)13-24-19(30)6-4-10-29)11-16(14)25-22(31)17-12-23-18-5-2-3-9-28(17)18/h2-3,5,7-9,11-12,29H,4,6,10,13H2,1H3,(H,24,30)(H,25,31). The number of anilines is 1. The minimum Gasteiger partial charge on any atom is -0.396 e. The molecular formula is C22H22N6O4. The average molecular weight is 434 g/mol. The van der Waals surface area contributed by atoms with Crippen molar-refractivity contribution in [3.05, 3.63) is 65.9 Å². The van der Waals surface area contributed by atoms with Crippen LogP contribution in [-0.4, -0.2) is 43.1 Å². The van der Waals surface area contributed by atoms with Crippen molar-refractivity contribution in [1.29, 1.82) is 0 Å². The van der Waals surface area contributed by atoms with Crippen molar-refractivity contribution in [2.24, 2.45) is 0 Å². The maximum atomic E-state index is 12.8. The van der Waals surface area contributed by atoms with Crippen molar-refractivity contribution < 1.29 is 19.2 Å². The Hall–Kier alpha value is -4.05. The van der Waals surface area contributed by atoms with E-state index in [1.54, 1.807) is 16.7 Å². The maximum absolute atomic E-state index is 12.8. The van der Waals surface area contributed by atoms with E-state index in [0.29, 0.717) is 34.8 Å². The Labute approximate surface area is 183 Å². The first-order valence-corrected chi connectivity index (χ1v) is 10.1. The summed E-state index contributed by atoms with van der Waals surface area (Å²) >= 11 is 0. The van der Waals surface area contributed by atoms with Crippen molar-refractivity contribution in [3.63, 3.8) is 0 Å². The molecule has 3 N–H and O–H groups in total. The second-order valence-electron chi connectivity index (χ2n) is 7.17. The van der Waals surface area contributed by atoms with Gasteiger partial charge in [-0.2, -0.15) is 4.98 Å². The zero-order valence-electron chi connectivity index (χ0n) is 17.4. The van der Waals surface area contributed by atoms with Crippen LogP contribution in [0.1, 0.15) is 34.8 Å². The van der Waals surface area contributed by atoms with E-state index in [1.165, 1.54) is 6.20 Å². The van der Waals surface area contributed by atoms with E-state index >= 15 is 0 Å². The quantitative estimate of drug-likeness (QED) is 0.387. The number of benzene rings is 1. The van der Waals surface area contributed by atoms with E-state index < -0.39 is 0 Å². The molecular weight excluding hydrogens is 412 g/mol. The molecule has 0 aliphatic carbocycles. The van der Waals surface area contributed by atoms with Gasteiger partial charge in [0, 0.05) is 30.5 Å². The summed E-state index contributed by atoms with van der Waals surface area (Å²) in [5.41, 5.74) is 3.25. The molecule has 0 aliphatic heterocycles. The molecule has 1 aromatic carbocycles. The van der Waals surface area contributed by atoms with Crippen LogP contribution in [0.15, 0.2) is 53.3 Å². The molecule has 4 aromatic rings. The minimum atomic E-state index is -0.289. The Kier molecular flexibility index (Phi) is 6.22. The zero-order chi connectivity index (χ0) is 22.5. The van der Waals surface area contributed by atoms with Gasteiger partial charge in [-0.15, -0.1) is 0 Å². The molecule has 0 saturated carbocycles. The molecule has 10 nitrogen and oxygen atoms in total. The van der Waals surface area contributed by atoms with Gasteiger partial charge in [-0.1, -0.05) is 23.4 Å². The number of imidazole rings is 1. The number of carbonyl (C=O) groups is 2. The summed E-state index contributed by atoms with van der Waals surface area (Å²) in [6.45, 7) is 1.94. The second kappa shape index (κ2) is 9.40. The van der Waals surface area contributed by atoms with Gasteiger partial charge in [-0.05, 0) is 37.1 Å². The van der Waals surface area contributed by atoms with Crippen LogP contribution < -0.4 is 10.6 Å². The van der Waals surface area contributed by atoms with Gasteiger partial charge < -0.3 is 20.3 Å². The number of rotatable bonds is 8. The van der Waals surface area contributed by atoms with Gasteiger partial charge in [0.2, 0.25) is 17.6 Å². The van der Waals surface area contributed by atoms with E-state index in [-0.39, 0.29) is 37.3 Å². The number of aliphatic hydroxyl groups is 1. The van der Waals surface area contributed by atoms with Crippen molar-refractivity contribution in [1.82, 2.24) is 24.8 Å². The number of nitrogens with zero attached hydrogens (tertiary/aromatic N) is 4. The molecule has 0 saturated heterocycles. The molecule has 0 fully saturated rings. The third-order valence-corrected chi connectivity index (χ3v) is 4.86. The summed E-state index contributed by atoms with van der Waals surface area (Å²) in [4.78, 5) is 33.0. The fourth-order valence-electron chi connectivity index (χ4n) is 3.13. The number of aliphatic hydroxyl groups excluding tert-OH is 1. The molecule has 4 rings (SSSR count). The van der Waals surface area contributed by atoms with E-state index in [9.17, 15) is 9.59 Å². The number of carbonyl (C=O) groups excluding carboxylic acids is 2.